The van der Waals surface area contributed by atoms with Crippen molar-refractivity contribution in [1.29, 1.82) is 0 Å². The standard InChI is InChI=1S/C11H8O2S/c12-11(13)9-4-1-3-8(7-9)10-5-2-6-14-10/h1-7H,(H,12,13)/p-1. The molecule has 2 nitrogen and oxygen atoms in total. The quantitative estimate of drug-likeness (QED) is 0.746. The van der Waals surface area contributed by atoms with Crippen molar-refractivity contribution in [2.24, 2.45) is 0 Å². The van der Waals surface area contributed by atoms with E-state index >= 15 is 0 Å². The molecule has 1 aromatic carbocycles. The fourth-order valence-corrected chi connectivity index (χ4v) is 1.97. The highest BCUT2D eigenvalue weighted by Crippen LogP contribution is 2.24. The van der Waals surface area contributed by atoms with Crippen molar-refractivity contribution < 1.29 is 9.90 Å². The van der Waals surface area contributed by atoms with Crippen molar-refractivity contribution in [3.8, 4) is 10.4 Å². The Morgan fingerprint density at radius 3 is 2.71 bits per heavy atom. The molecule has 0 spiro atoms. The van der Waals surface area contributed by atoms with Gasteiger partial charge in [0.2, 0.25) is 0 Å². The lowest BCUT2D eigenvalue weighted by molar-refractivity contribution is -0.255. The second-order valence-corrected chi connectivity index (χ2v) is 3.79. The zero-order chi connectivity index (χ0) is 9.97. The number of rotatable bonds is 2. The molecule has 14 heavy (non-hydrogen) atoms. The molecule has 1 heterocycles. The van der Waals surface area contributed by atoms with E-state index in [2.05, 4.69) is 0 Å². The largest absolute Gasteiger partial charge is 0.545 e. The van der Waals surface area contributed by atoms with Gasteiger partial charge in [-0.2, -0.15) is 0 Å². The van der Waals surface area contributed by atoms with E-state index in [9.17, 15) is 9.90 Å². The summed E-state index contributed by atoms with van der Waals surface area (Å²) in [6.45, 7) is 0. The topological polar surface area (TPSA) is 40.1 Å². The lowest BCUT2D eigenvalue weighted by atomic mass is 10.1. The molecule has 0 N–H and O–H groups in total. The maximum Gasteiger partial charge on any atom is 0.0715 e. The summed E-state index contributed by atoms with van der Waals surface area (Å²) < 4.78 is 0. The third kappa shape index (κ3) is 1.67. The van der Waals surface area contributed by atoms with Crippen LogP contribution in [0.5, 0.6) is 0 Å². The van der Waals surface area contributed by atoms with Crippen molar-refractivity contribution in [3.05, 3.63) is 47.3 Å². The molecular weight excluding hydrogens is 196 g/mol. The van der Waals surface area contributed by atoms with E-state index in [-0.39, 0.29) is 5.56 Å². The number of carboxylic acids is 1. The van der Waals surface area contributed by atoms with Crippen LogP contribution in [0.4, 0.5) is 0 Å². The Labute approximate surface area is 85.4 Å². The van der Waals surface area contributed by atoms with Crippen molar-refractivity contribution in [2.45, 2.75) is 0 Å². The van der Waals surface area contributed by atoms with Gasteiger partial charge in [-0.15, -0.1) is 11.3 Å². The van der Waals surface area contributed by atoms with Gasteiger partial charge >= 0.3 is 0 Å². The molecule has 0 fully saturated rings. The Bertz CT molecular complexity index is 446. The Hall–Kier alpha value is -1.61. The van der Waals surface area contributed by atoms with E-state index in [0.717, 1.165) is 10.4 Å². The van der Waals surface area contributed by atoms with E-state index in [1.54, 1.807) is 23.5 Å². The molecule has 3 heteroatoms. The summed E-state index contributed by atoms with van der Waals surface area (Å²) in [5.41, 5.74) is 1.14. The predicted octanol–water partition coefficient (Wildman–Crippen LogP) is 1.78. The highest BCUT2D eigenvalue weighted by Gasteiger charge is 1.99. The number of carbonyl (C=O) groups is 1. The highest BCUT2D eigenvalue weighted by atomic mass is 32.1. The third-order valence-corrected chi connectivity index (χ3v) is 2.82. The lowest BCUT2D eigenvalue weighted by Gasteiger charge is -2.03. The van der Waals surface area contributed by atoms with E-state index in [1.165, 1.54) is 6.07 Å². The summed E-state index contributed by atoms with van der Waals surface area (Å²) in [6.07, 6.45) is 0. The number of thiophene rings is 1. The minimum absolute atomic E-state index is 0.218. The number of carbonyl (C=O) groups excluding carboxylic acids is 1. The summed E-state index contributed by atoms with van der Waals surface area (Å²) in [5, 5.41) is 12.6. The number of hydrogen-bond donors (Lipinski definition) is 0. The molecule has 2 rings (SSSR count). The first-order valence-electron chi connectivity index (χ1n) is 4.12. The highest BCUT2D eigenvalue weighted by molar-refractivity contribution is 7.13. The lowest BCUT2D eigenvalue weighted by Crippen LogP contribution is -2.21. The van der Waals surface area contributed by atoms with Crippen LogP contribution in [0.25, 0.3) is 10.4 Å². The predicted molar refractivity (Wildman–Crippen MR) is 54.1 cm³/mol. The fraction of sp³-hybridized carbons (Fsp3) is 0. The maximum atomic E-state index is 10.6. The first-order valence-corrected chi connectivity index (χ1v) is 5.00. The van der Waals surface area contributed by atoms with Gasteiger partial charge < -0.3 is 9.90 Å². The van der Waals surface area contributed by atoms with Crippen LogP contribution in [-0.2, 0) is 0 Å². The first-order chi connectivity index (χ1) is 6.77. The summed E-state index contributed by atoms with van der Waals surface area (Å²) in [7, 11) is 0. The zero-order valence-electron chi connectivity index (χ0n) is 7.27. The summed E-state index contributed by atoms with van der Waals surface area (Å²) in [6, 6.07) is 10.7. The van der Waals surface area contributed by atoms with Gasteiger partial charge in [-0.25, -0.2) is 0 Å². The molecule has 0 radical (unpaired) electrons. The van der Waals surface area contributed by atoms with Crippen LogP contribution in [0.2, 0.25) is 0 Å². The monoisotopic (exact) mass is 203 g/mol. The van der Waals surface area contributed by atoms with Gasteiger partial charge in [-0.05, 0) is 28.6 Å². The molecular formula is C11H7O2S-. The van der Waals surface area contributed by atoms with Gasteiger partial charge in [0.15, 0.2) is 0 Å². The number of hydrogen-bond acceptors (Lipinski definition) is 3. The Morgan fingerprint density at radius 2 is 2.07 bits per heavy atom. The normalized spacial score (nSPS) is 10.0. The zero-order valence-corrected chi connectivity index (χ0v) is 8.08. The molecule has 0 unspecified atom stereocenters. The van der Waals surface area contributed by atoms with Gasteiger partial charge in [0, 0.05) is 4.88 Å². The van der Waals surface area contributed by atoms with E-state index in [0.29, 0.717) is 0 Å². The molecule has 0 saturated heterocycles. The fourth-order valence-electron chi connectivity index (χ4n) is 1.24. The van der Waals surface area contributed by atoms with E-state index in [4.69, 9.17) is 0 Å². The Morgan fingerprint density at radius 1 is 1.21 bits per heavy atom. The van der Waals surface area contributed by atoms with Crippen LogP contribution in [0.15, 0.2) is 41.8 Å². The smallest absolute Gasteiger partial charge is 0.0715 e. The van der Waals surface area contributed by atoms with Crippen LogP contribution >= 0.6 is 11.3 Å². The van der Waals surface area contributed by atoms with E-state index in [1.807, 2.05) is 23.6 Å². The van der Waals surface area contributed by atoms with Gasteiger partial charge in [-0.3, -0.25) is 0 Å². The summed E-state index contributed by atoms with van der Waals surface area (Å²) in [4.78, 5) is 11.7. The molecule has 0 amide bonds. The van der Waals surface area contributed by atoms with Gasteiger partial charge in [0.25, 0.3) is 0 Å². The van der Waals surface area contributed by atoms with Gasteiger partial charge in [0.1, 0.15) is 0 Å². The number of benzene rings is 1. The Kier molecular flexibility index (Phi) is 2.33. The molecule has 0 aliphatic carbocycles. The minimum Gasteiger partial charge on any atom is -0.545 e. The SMILES string of the molecule is O=C([O-])c1cccc(-c2cccs2)c1. The van der Waals surface area contributed by atoms with Gasteiger partial charge in [0.05, 0.1) is 5.97 Å². The first kappa shape index (κ1) is 8.97. The number of aromatic carboxylic acids is 1. The van der Waals surface area contributed by atoms with Crippen LogP contribution in [0.1, 0.15) is 10.4 Å². The summed E-state index contributed by atoms with van der Waals surface area (Å²) in [5.74, 6) is -1.14. The van der Waals surface area contributed by atoms with Crippen molar-refractivity contribution >= 4 is 17.3 Å². The Balaban J connectivity index is 2.46. The second-order valence-electron chi connectivity index (χ2n) is 2.85. The molecule has 0 saturated carbocycles. The van der Waals surface area contributed by atoms with Gasteiger partial charge in [-0.1, -0.05) is 24.3 Å². The number of carboxylic acid groups (broad SMARTS) is 1. The van der Waals surface area contributed by atoms with Crippen molar-refractivity contribution in [2.75, 3.05) is 0 Å². The molecule has 0 aliphatic heterocycles. The molecule has 0 atom stereocenters. The van der Waals surface area contributed by atoms with Crippen LogP contribution in [0, 0.1) is 0 Å². The molecule has 70 valence electrons. The summed E-state index contributed by atoms with van der Waals surface area (Å²) >= 11 is 1.58. The third-order valence-electron chi connectivity index (χ3n) is 1.90. The minimum atomic E-state index is -1.14. The average Bonchev–Trinajstić information content (AvgIpc) is 2.71. The average molecular weight is 203 g/mol. The molecule has 2 aromatic rings. The molecule has 0 aliphatic rings. The van der Waals surface area contributed by atoms with E-state index < -0.39 is 5.97 Å². The van der Waals surface area contributed by atoms with Crippen molar-refractivity contribution in [1.82, 2.24) is 0 Å². The van der Waals surface area contributed by atoms with Crippen LogP contribution in [-0.4, -0.2) is 5.97 Å². The molecule has 0 bridgehead atoms. The maximum absolute atomic E-state index is 10.6. The molecule has 1 aromatic heterocycles. The van der Waals surface area contributed by atoms with Crippen molar-refractivity contribution in [3.63, 3.8) is 0 Å². The van der Waals surface area contributed by atoms with Crippen LogP contribution < -0.4 is 5.11 Å². The second kappa shape index (κ2) is 3.64. The van der Waals surface area contributed by atoms with Crippen LogP contribution in [0.3, 0.4) is 0 Å².